The van der Waals surface area contributed by atoms with Crippen LogP contribution >= 0.6 is 0 Å². The number of hydrogen-bond acceptors (Lipinski definition) is 6. The summed E-state index contributed by atoms with van der Waals surface area (Å²) in [7, 11) is 3.17. The normalized spacial score (nSPS) is 14.4. The first-order valence-corrected chi connectivity index (χ1v) is 6.55. The van der Waals surface area contributed by atoms with E-state index in [2.05, 4.69) is 15.3 Å². The van der Waals surface area contributed by atoms with Crippen LogP contribution in [0, 0.1) is 5.92 Å². The molecule has 1 saturated carbocycles. The smallest absolute Gasteiger partial charge is 0.224 e. The molecule has 2 rings (SSSR count). The summed E-state index contributed by atoms with van der Waals surface area (Å²) >= 11 is 0. The fraction of sp³-hybridized carbons (Fsp3) is 0.692. The summed E-state index contributed by atoms with van der Waals surface area (Å²) in [5, 5.41) is 3.28. The number of aromatic nitrogens is 2. The molecule has 1 N–H and O–H groups in total. The molecule has 0 bridgehead atoms. The van der Waals surface area contributed by atoms with Gasteiger partial charge >= 0.3 is 0 Å². The lowest BCUT2D eigenvalue weighted by molar-refractivity contribution is 0.126. The van der Waals surface area contributed by atoms with Gasteiger partial charge in [-0.05, 0) is 18.8 Å². The zero-order valence-corrected chi connectivity index (χ0v) is 11.5. The van der Waals surface area contributed by atoms with E-state index in [1.807, 2.05) is 0 Å². The average Bonchev–Trinajstić information content (AvgIpc) is 3.26. The van der Waals surface area contributed by atoms with Crippen molar-refractivity contribution in [3.8, 4) is 11.8 Å². The standard InChI is InChI=1S/C13H21N3O3/c1-17-12-11(13(18-2)16-9-15-12)7-14-5-6-19-8-10-3-4-10/h9-10,14H,3-8H2,1-2H3. The number of nitrogens with one attached hydrogen (secondary N) is 1. The first-order valence-electron chi connectivity index (χ1n) is 6.55. The highest BCUT2D eigenvalue weighted by atomic mass is 16.5. The fourth-order valence-electron chi connectivity index (χ4n) is 1.78. The van der Waals surface area contributed by atoms with Crippen LogP contribution in [0.15, 0.2) is 6.33 Å². The van der Waals surface area contributed by atoms with E-state index >= 15 is 0 Å². The Kier molecular flexibility index (Phi) is 5.35. The number of ether oxygens (including phenoxy) is 3. The second kappa shape index (κ2) is 7.25. The van der Waals surface area contributed by atoms with Crippen molar-refractivity contribution in [3.63, 3.8) is 0 Å². The van der Waals surface area contributed by atoms with Crippen molar-refractivity contribution in [2.75, 3.05) is 34.0 Å². The quantitative estimate of drug-likeness (QED) is 0.674. The molecule has 1 heterocycles. The van der Waals surface area contributed by atoms with Gasteiger partial charge < -0.3 is 19.5 Å². The molecule has 106 valence electrons. The highest BCUT2D eigenvalue weighted by Gasteiger charge is 2.20. The SMILES string of the molecule is COc1ncnc(OC)c1CNCCOCC1CC1. The highest BCUT2D eigenvalue weighted by molar-refractivity contribution is 5.34. The third-order valence-corrected chi connectivity index (χ3v) is 3.03. The third-order valence-electron chi connectivity index (χ3n) is 3.03. The predicted molar refractivity (Wildman–Crippen MR) is 70.4 cm³/mol. The molecule has 1 aromatic rings. The van der Waals surface area contributed by atoms with E-state index < -0.39 is 0 Å². The molecule has 1 aliphatic rings. The molecule has 0 amide bonds. The van der Waals surface area contributed by atoms with Gasteiger partial charge in [-0.15, -0.1) is 0 Å². The van der Waals surface area contributed by atoms with Crippen LogP contribution in [0.25, 0.3) is 0 Å². The minimum Gasteiger partial charge on any atom is -0.481 e. The van der Waals surface area contributed by atoms with Gasteiger partial charge in [0.1, 0.15) is 6.33 Å². The van der Waals surface area contributed by atoms with Crippen molar-refractivity contribution in [1.82, 2.24) is 15.3 Å². The number of nitrogens with zero attached hydrogens (tertiary/aromatic N) is 2. The molecule has 0 atom stereocenters. The van der Waals surface area contributed by atoms with E-state index in [1.165, 1.54) is 19.2 Å². The lowest BCUT2D eigenvalue weighted by Crippen LogP contribution is -2.21. The molecule has 0 spiro atoms. The van der Waals surface area contributed by atoms with Gasteiger partial charge in [0.2, 0.25) is 11.8 Å². The lowest BCUT2D eigenvalue weighted by atomic mass is 10.3. The third kappa shape index (κ3) is 4.33. The van der Waals surface area contributed by atoms with E-state index in [0.29, 0.717) is 18.3 Å². The van der Waals surface area contributed by atoms with Gasteiger partial charge in [0.15, 0.2) is 0 Å². The van der Waals surface area contributed by atoms with Gasteiger partial charge in [-0.1, -0.05) is 0 Å². The average molecular weight is 267 g/mol. The molecule has 0 aliphatic heterocycles. The Morgan fingerprint density at radius 1 is 1.21 bits per heavy atom. The molecule has 0 radical (unpaired) electrons. The van der Waals surface area contributed by atoms with Crippen molar-refractivity contribution < 1.29 is 14.2 Å². The summed E-state index contributed by atoms with van der Waals surface area (Å²) in [5.41, 5.74) is 0.828. The Morgan fingerprint density at radius 3 is 2.47 bits per heavy atom. The number of rotatable bonds is 9. The van der Waals surface area contributed by atoms with Gasteiger partial charge in [-0.25, -0.2) is 9.97 Å². The van der Waals surface area contributed by atoms with Crippen molar-refractivity contribution >= 4 is 0 Å². The van der Waals surface area contributed by atoms with Crippen molar-refractivity contribution in [2.45, 2.75) is 19.4 Å². The molecule has 19 heavy (non-hydrogen) atoms. The van der Waals surface area contributed by atoms with Crippen molar-refractivity contribution in [3.05, 3.63) is 11.9 Å². The van der Waals surface area contributed by atoms with Crippen molar-refractivity contribution in [1.29, 1.82) is 0 Å². The van der Waals surface area contributed by atoms with E-state index in [9.17, 15) is 0 Å². The van der Waals surface area contributed by atoms with E-state index in [-0.39, 0.29) is 0 Å². The molecule has 1 fully saturated rings. The van der Waals surface area contributed by atoms with Gasteiger partial charge in [0.25, 0.3) is 0 Å². The largest absolute Gasteiger partial charge is 0.481 e. The summed E-state index contributed by atoms with van der Waals surface area (Å²) in [6.45, 7) is 2.99. The Balaban J connectivity index is 1.74. The highest BCUT2D eigenvalue weighted by Crippen LogP contribution is 2.28. The van der Waals surface area contributed by atoms with Gasteiger partial charge in [-0.2, -0.15) is 0 Å². The van der Waals surface area contributed by atoms with E-state index in [4.69, 9.17) is 14.2 Å². The molecule has 6 heteroatoms. The van der Waals surface area contributed by atoms with Crippen LogP contribution < -0.4 is 14.8 Å². The summed E-state index contributed by atoms with van der Waals surface area (Å²) in [6.07, 6.45) is 4.08. The first-order chi connectivity index (χ1) is 9.35. The molecular formula is C13H21N3O3. The maximum atomic E-state index is 5.55. The summed E-state index contributed by atoms with van der Waals surface area (Å²) < 4.78 is 16.0. The van der Waals surface area contributed by atoms with Crippen LogP contribution in [0.4, 0.5) is 0 Å². The monoisotopic (exact) mass is 267 g/mol. The van der Waals surface area contributed by atoms with Crippen LogP contribution in [-0.2, 0) is 11.3 Å². The Bertz CT molecular complexity index is 374. The van der Waals surface area contributed by atoms with Gasteiger partial charge in [0.05, 0.1) is 26.4 Å². The molecular weight excluding hydrogens is 246 g/mol. The Hall–Kier alpha value is -1.40. The number of hydrogen-bond donors (Lipinski definition) is 1. The Labute approximate surface area is 113 Å². The number of methoxy groups -OCH3 is 2. The fourth-order valence-corrected chi connectivity index (χ4v) is 1.78. The molecule has 6 nitrogen and oxygen atoms in total. The summed E-state index contributed by atoms with van der Waals surface area (Å²) in [6, 6.07) is 0. The van der Waals surface area contributed by atoms with Crippen LogP contribution in [0.5, 0.6) is 11.8 Å². The topological polar surface area (TPSA) is 65.5 Å². The zero-order valence-electron chi connectivity index (χ0n) is 11.5. The molecule has 0 aromatic carbocycles. The molecule has 1 aromatic heterocycles. The zero-order chi connectivity index (χ0) is 13.5. The van der Waals surface area contributed by atoms with Crippen LogP contribution in [0.2, 0.25) is 0 Å². The van der Waals surface area contributed by atoms with E-state index in [1.54, 1.807) is 14.2 Å². The maximum Gasteiger partial charge on any atom is 0.224 e. The van der Waals surface area contributed by atoms with Crippen molar-refractivity contribution in [2.24, 2.45) is 5.92 Å². The first kappa shape index (κ1) is 14.0. The van der Waals surface area contributed by atoms with Crippen LogP contribution in [0.3, 0.4) is 0 Å². The van der Waals surface area contributed by atoms with Gasteiger partial charge in [0, 0.05) is 19.7 Å². The van der Waals surface area contributed by atoms with Crippen LogP contribution in [-0.4, -0.2) is 43.9 Å². The summed E-state index contributed by atoms with van der Waals surface area (Å²) in [4.78, 5) is 8.14. The van der Waals surface area contributed by atoms with E-state index in [0.717, 1.165) is 31.2 Å². The second-order valence-electron chi connectivity index (χ2n) is 4.57. The predicted octanol–water partition coefficient (Wildman–Crippen LogP) is 1.01. The summed E-state index contributed by atoms with van der Waals surface area (Å²) in [5.74, 6) is 1.89. The van der Waals surface area contributed by atoms with Gasteiger partial charge in [-0.3, -0.25) is 0 Å². The van der Waals surface area contributed by atoms with Crippen LogP contribution in [0.1, 0.15) is 18.4 Å². The lowest BCUT2D eigenvalue weighted by Gasteiger charge is -2.11. The second-order valence-corrected chi connectivity index (χ2v) is 4.57. The Morgan fingerprint density at radius 2 is 1.89 bits per heavy atom. The molecule has 0 saturated heterocycles. The molecule has 0 unspecified atom stereocenters. The minimum absolute atomic E-state index is 0.540. The minimum atomic E-state index is 0.540. The maximum absolute atomic E-state index is 5.55. The molecule has 1 aliphatic carbocycles.